The summed E-state index contributed by atoms with van der Waals surface area (Å²) < 4.78 is 1.86. The van der Waals surface area contributed by atoms with Crippen molar-refractivity contribution in [1.29, 1.82) is 0 Å². The molecule has 0 spiro atoms. The minimum atomic E-state index is -0.287. The Morgan fingerprint density at radius 3 is 2.88 bits per heavy atom. The van der Waals surface area contributed by atoms with Crippen LogP contribution in [0.5, 0.6) is 0 Å². The molecule has 0 radical (unpaired) electrons. The predicted octanol–water partition coefficient (Wildman–Crippen LogP) is 1.58. The van der Waals surface area contributed by atoms with E-state index in [1.54, 1.807) is 29.3 Å². The van der Waals surface area contributed by atoms with E-state index in [0.29, 0.717) is 24.0 Å². The van der Waals surface area contributed by atoms with E-state index in [9.17, 15) is 9.59 Å². The lowest BCUT2D eigenvalue weighted by Gasteiger charge is -2.22. The molecular weight excluding hydrogens is 332 g/mol. The summed E-state index contributed by atoms with van der Waals surface area (Å²) >= 11 is 0. The van der Waals surface area contributed by atoms with E-state index >= 15 is 0 Å². The summed E-state index contributed by atoms with van der Waals surface area (Å²) in [6.07, 6.45) is 7.09. The van der Waals surface area contributed by atoms with Crippen LogP contribution in [0.2, 0.25) is 0 Å². The number of carbonyl (C=O) groups excluding carboxylic acids is 2. The van der Waals surface area contributed by atoms with Crippen molar-refractivity contribution < 1.29 is 9.59 Å². The Morgan fingerprint density at radius 1 is 1.27 bits per heavy atom. The Bertz CT molecular complexity index is 794. The maximum absolute atomic E-state index is 12.4. The van der Waals surface area contributed by atoms with Crippen LogP contribution >= 0.6 is 0 Å². The van der Waals surface area contributed by atoms with Gasteiger partial charge in [0.1, 0.15) is 5.82 Å². The first kappa shape index (κ1) is 16.7. The average Bonchev–Trinajstić information content (AvgIpc) is 3.32. The van der Waals surface area contributed by atoms with Crippen LogP contribution in [-0.4, -0.2) is 46.2 Å². The second kappa shape index (κ2) is 7.25. The van der Waals surface area contributed by atoms with Crippen LogP contribution in [0.4, 0.5) is 11.5 Å². The molecule has 8 heteroatoms. The molecule has 0 aliphatic carbocycles. The summed E-state index contributed by atoms with van der Waals surface area (Å²) in [6.45, 7) is 2.64. The normalized spacial score (nSPS) is 20.4. The molecule has 8 nitrogen and oxygen atoms in total. The number of carbonyl (C=O) groups is 2. The van der Waals surface area contributed by atoms with Gasteiger partial charge in [0.2, 0.25) is 5.91 Å². The second-order valence-electron chi connectivity index (χ2n) is 6.69. The fourth-order valence-electron chi connectivity index (χ4n) is 3.44. The van der Waals surface area contributed by atoms with Crippen molar-refractivity contribution >= 4 is 23.3 Å². The van der Waals surface area contributed by atoms with Crippen molar-refractivity contribution in [2.75, 3.05) is 29.9 Å². The number of anilines is 2. The van der Waals surface area contributed by atoms with Crippen LogP contribution in [0.15, 0.2) is 30.6 Å². The van der Waals surface area contributed by atoms with Crippen molar-refractivity contribution in [3.63, 3.8) is 0 Å². The van der Waals surface area contributed by atoms with Crippen molar-refractivity contribution in [2.45, 2.75) is 31.7 Å². The van der Waals surface area contributed by atoms with Crippen molar-refractivity contribution in [1.82, 2.24) is 20.1 Å². The number of hydrogen-bond donors (Lipinski definition) is 2. The van der Waals surface area contributed by atoms with Gasteiger partial charge in [-0.2, -0.15) is 5.10 Å². The van der Waals surface area contributed by atoms with Gasteiger partial charge < -0.3 is 15.5 Å². The van der Waals surface area contributed by atoms with E-state index < -0.39 is 0 Å². The maximum atomic E-state index is 12.4. The highest BCUT2D eigenvalue weighted by molar-refractivity contribution is 6.02. The Labute approximate surface area is 151 Å². The molecule has 2 saturated heterocycles. The minimum absolute atomic E-state index is 0.117. The van der Waals surface area contributed by atoms with E-state index in [2.05, 4.69) is 20.7 Å². The largest absolute Gasteiger partial charge is 0.315 e. The molecule has 2 amide bonds. The van der Waals surface area contributed by atoms with E-state index in [-0.39, 0.29) is 11.8 Å². The summed E-state index contributed by atoms with van der Waals surface area (Å²) in [5.41, 5.74) is 1.13. The van der Waals surface area contributed by atoms with E-state index in [1.165, 1.54) is 0 Å². The standard InChI is InChI=1S/C18H22N6O2/c25-17-4-2-9-23(17)13-5-6-16(20-12-13)21-18(26)15-7-10-24(22-15)14-3-1-8-19-11-14/h5-7,10,12,14,19H,1-4,8-9,11H2,(H,20,21,26). The number of nitrogens with one attached hydrogen (secondary N) is 2. The maximum Gasteiger partial charge on any atom is 0.277 e. The fraction of sp³-hybridized carbons (Fsp3) is 0.444. The van der Waals surface area contributed by atoms with Crippen LogP contribution < -0.4 is 15.5 Å². The van der Waals surface area contributed by atoms with Crippen molar-refractivity contribution in [2.24, 2.45) is 0 Å². The molecule has 0 saturated carbocycles. The van der Waals surface area contributed by atoms with Crippen LogP contribution in [0, 0.1) is 0 Å². The second-order valence-corrected chi connectivity index (χ2v) is 6.69. The summed E-state index contributed by atoms with van der Waals surface area (Å²) in [4.78, 5) is 30.1. The van der Waals surface area contributed by atoms with Crippen molar-refractivity contribution in [3.05, 3.63) is 36.3 Å². The molecule has 136 valence electrons. The molecule has 2 aromatic heterocycles. The number of piperidine rings is 1. The number of aromatic nitrogens is 3. The number of pyridine rings is 1. The Morgan fingerprint density at radius 2 is 2.19 bits per heavy atom. The van der Waals surface area contributed by atoms with Crippen LogP contribution in [0.25, 0.3) is 0 Å². The first-order valence-electron chi connectivity index (χ1n) is 9.04. The van der Waals surface area contributed by atoms with Gasteiger partial charge in [-0.1, -0.05) is 0 Å². The van der Waals surface area contributed by atoms with Crippen LogP contribution in [0.1, 0.15) is 42.2 Å². The summed E-state index contributed by atoms with van der Waals surface area (Å²) in [5, 5.41) is 10.5. The molecule has 26 heavy (non-hydrogen) atoms. The van der Waals surface area contributed by atoms with Crippen LogP contribution in [0.3, 0.4) is 0 Å². The van der Waals surface area contributed by atoms with Crippen molar-refractivity contribution in [3.8, 4) is 0 Å². The zero-order valence-corrected chi connectivity index (χ0v) is 14.5. The SMILES string of the molecule is O=C(Nc1ccc(N2CCCC2=O)cn1)c1ccn(C2CCCNC2)n1. The third-order valence-corrected chi connectivity index (χ3v) is 4.86. The third kappa shape index (κ3) is 3.45. The topological polar surface area (TPSA) is 92.2 Å². The molecule has 2 aliphatic heterocycles. The number of hydrogen-bond acceptors (Lipinski definition) is 5. The molecule has 4 rings (SSSR count). The summed E-state index contributed by atoms with van der Waals surface area (Å²) in [5.74, 6) is 0.274. The van der Waals surface area contributed by atoms with Gasteiger partial charge in [0, 0.05) is 25.7 Å². The highest BCUT2D eigenvalue weighted by Gasteiger charge is 2.22. The number of amides is 2. The van der Waals surface area contributed by atoms with E-state index in [1.807, 2.05) is 10.9 Å². The fourth-order valence-corrected chi connectivity index (χ4v) is 3.44. The molecular formula is C18H22N6O2. The number of nitrogens with zero attached hydrogens (tertiary/aromatic N) is 4. The summed E-state index contributed by atoms with van der Waals surface area (Å²) in [6, 6.07) is 5.53. The predicted molar refractivity (Wildman–Crippen MR) is 97.1 cm³/mol. The molecule has 0 bridgehead atoms. The van der Waals surface area contributed by atoms with Gasteiger partial charge in [-0.3, -0.25) is 14.3 Å². The Kier molecular flexibility index (Phi) is 4.66. The van der Waals surface area contributed by atoms with Gasteiger partial charge >= 0.3 is 0 Å². The number of rotatable bonds is 4. The highest BCUT2D eigenvalue weighted by atomic mass is 16.2. The average molecular weight is 354 g/mol. The molecule has 2 aliphatic rings. The summed E-state index contributed by atoms with van der Waals surface area (Å²) in [7, 11) is 0. The molecule has 2 N–H and O–H groups in total. The lowest BCUT2D eigenvalue weighted by atomic mass is 10.1. The van der Waals surface area contributed by atoms with Crippen LogP contribution in [-0.2, 0) is 4.79 Å². The molecule has 4 heterocycles. The molecule has 2 aromatic rings. The van der Waals surface area contributed by atoms with Gasteiger partial charge in [0.05, 0.1) is 17.9 Å². The first-order valence-corrected chi connectivity index (χ1v) is 9.04. The van der Waals surface area contributed by atoms with Gasteiger partial charge in [-0.15, -0.1) is 0 Å². The Balaban J connectivity index is 1.40. The van der Waals surface area contributed by atoms with Gasteiger partial charge in [0.15, 0.2) is 5.69 Å². The quantitative estimate of drug-likeness (QED) is 0.870. The molecule has 0 aromatic carbocycles. The highest BCUT2D eigenvalue weighted by Crippen LogP contribution is 2.21. The minimum Gasteiger partial charge on any atom is -0.315 e. The monoisotopic (exact) mass is 354 g/mol. The van der Waals surface area contributed by atoms with E-state index in [0.717, 1.165) is 44.6 Å². The smallest absolute Gasteiger partial charge is 0.277 e. The molecule has 2 fully saturated rings. The lowest BCUT2D eigenvalue weighted by Crippen LogP contribution is -2.32. The molecule has 1 atom stereocenters. The zero-order chi connectivity index (χ0) is 17.9. The van der Waals surface area contributed by atoms with Gasteiger partial charge in [0.25, 0.3) is 5.91 Å². The Hall–Kier alpha value is -2.74. The lowest BCUT2D eigenvalue weighted by molar-refractivity contribution is -0.117. The zero-order valence-electron chi connectivity index (χ0n) is 14.5. The van der Waals surface area contributed by atoms with Gasteiger partial charge in [-0.05, 0) is 44.0 Å². The molecule has 1 unspecified atom stereocenters. The van der Waals surface area contributed by atoms with Gasteiger partial charge in [-0.25, -0.2) is 4.98 Å². The first-order chi connectivity index (χ1) is 12.7. The van der Waals surface area contributed by atoms with E-state index in [4.69, 9.17) is 0 Å². The third-order valence-electron chi connectivity index (χ3n) is 4.86.